The molecule has 0 unspecified atom stereocenters. The fraction of sp³-hybridized carbons (Fsp3) is 0.118. The predicted molar refractivity (Wildman–Crippen MR) is 86.6 cm³/mol. The lowest BCUT2D eigenvalue weighted by atomic mass is 10.1. The van der Waals surface area contributed by atoms with Crippen molar-refractivity contribution < 1.29 is 19.0 Å². The van der Waals surface area contributed by atoms with E-state index >= 15 is 0 Å². The summed E-state index contributed by atoms with van der Waals surface area (Å²) in [7, 11) is 1.61. The fourth-order valence-corrected chi connectivity index (χ4v) is 2.66. The van der Waals surface area contributed by atoms with E-state index < -0.39 is 0 Å². The topological polar surface area (TPSA) is 44.8 Å². The Balaban J connectivity index is 1.77. The summed E-state index contributed by atoms with van der Waals surface area (Å²) in [6.45, 7) is 0.197. The Morgan fingerprint density at radius 3 is 2.77 bits per heavy atom. The molecular formula is C17H13BrO4. The van der Waals surface area contributed by atoms with Crippen molar-refractivity contribution in [2.45, 2.75) is 0 Å². The van der Waals surface area contributed by atoms with Crippen molar-refractivity contribution in [1.82, 2.24) is 0 Å². The van der Waals surface area contributed by atoms with Gasteiger partial charge in [0.15, 0.2) is 17.3 Å². The average molecular weight is 361 g/mol. The normalized spacial score (nSPS) is 12.6. The highest BCUT2D eigenvalue weighted by Crippen LogP contribution is 2.32. The maximum atomic E-state index is 12.2. The Bertz CT molecular complexity index is 752. The van der Waals surface area contributed by atoms with Gasteiger partial charge in [0.25, 0.3) is 0 Å². The SMILES string of the molecule is COc1ccc(C=CC(=O)c2ccc3c(c2)OCO3)cc1Br. The minimum Gasteiger partial charge on any atom is -0.496 e. The number of methoxy groups -OCH3 is 1. The van der Waals surface area contributed by atoms with Crippen LogP contribution in [0.4, 0.5) is 0 Å². The second-order valence-corrected chi connectivity index (χ2v) is 5.51. The van der Waals surface area contributed by atoms with Crippen LogP contribution in [0.25, 0.3) is 6.08 Å². The van der Waals surface area contributed by atoms with Gasteiger partial charge in [0.05, 0.1) is 11.6 Å². The van der Waals surface area contributed by atoms with E-state index in [4.69, 9.17) is 14.2 Å². The summed E-state index contributed by atoms with van der Waals surface area (Å²) < 4.78 is 16.5. The molecule has 1 heterocycles. The number of benzene rings is 2. The van der Waals surface area contributed by atoms with Crippen LogP contribution in [0.5, 0.6) is 17.2 Å². The molecule has 0 fully saturated rings. The summed E-state index contributed by atoms with van der Waals surface area (Å²) in [6, 6.07) is 10.8. The van der Waals surface area contributed by atoms with E-state index in [1.54, 1.807) is 31.4 Å². The zero-order valence-electron chi connectivity index (χ0n) is 11.8. The number of fused-ring (bicyclic) bond motifs is 1. The number of hydrogen-bond acceptors (Lipinski definition) is 4. The second-order valence-electron chi connectivity index (χ2n) is 4.66. The Kier molecular flexibility index (Phi) is 4.15. The fourth-order valence-electron chi connectivity index (χ4n) is 2.10. The average Bonchev–Trinajstić information content (AvgIpc) is 3.00. The first-order chi connectivity index (χ1) is 10.7. The van der Waals surface area contributed by atoms with Gasteiger partial charge >= 0.3 is 0 Å². The Morgan fingerprint density at radius 1 is 1.18 bits per heavy atom. The number of ketones is 1. The van der Waals surface area contributed by atoms with Crippen LogP contribution < -0.4 is 14.2 Å². The number of halogens is 1. The molecule has 0 aliphatic carbocycles. The first-order valence-electron chi connectivity index (χ1n) is 6.63. The van der Waals surface area contributed by atoms with E-state index in [0.29, 0.717) is 17.1 Å². The third-order valence-electron chi connectivity index (χ3n) is 3.26. The molecule has 1 aliphatic heterocycles. The lowest BCUT2D eigenvalue weighted by Crippen LogP contribution is -1.94. The minimum atomic E-state index is -0.0924. The van der Waals surface area contributed by atoms with Gasteiger partial charge in [0.1, 0.15) is 5.75 Å². The van der Waals surface area contributed by atoms with Gasteiger partial charge in [-0.25, -0.2) is 0 Å². The second kappa shape index (κ2) is 6.23. The largest absolute Gasteiger partial charge is 0.496 e. The molecule has 3 rings (SSSR count). The van der Waals surface area contributed by atoms with Gasteiger partial charge in [0, 0.05) is 5.56 Å². The van der Waals surface area contributed by atoms with Crippen molar-refractivity contribution in [1.29, 1.82) is 0 Å². The van der Waals surface area contributed by atoms with E-state index in [2.05, 4.69) is 15.9 Å². The summed E-state index contributed by atoms with van der Waals surface area (Å²) in [5, 5.41) is 0. The molecule has 112 valence electrons. The molecule has 0 aromatic heterocycles. The van der Waals surface area contributed by atoms with E-state index in [-0.39, 0.29) is 12.6 Å². The summed E-state index contributed by atoms with van der Waals surface area (Å²) >= 11 is 3.42. The molecule has 22 heavy (non-hydrogen) atoms. The third-order valence-corrected chi connectivity index (χ3v) is 3.88. The Hall–Kier alpha value is -2.27. The number of ether oxygens (including phenoxy) is 3. The highest BCUT2D eigenvalue weighted by atomic mass is 79.9. The van der Waals surface area contributed by atoms with E-state index in [1.807, 2.05) is 18.2 Å². The minimum absolute atomic E-state index is 0.0924. The smallest absolute Gasteiger partial charge is 0.231 e. The molecule has 0 radical (unpaired) electrons. The number of carbonyl (C=O) groups is 1. The quantitative estimate of drug-likeness (QED) is 0.608. The standard InChI is InChI=1S/C17H13BrO4/c1-20-15-6-3-11(8-13(15)18)2-5-14(19)12-4-7-16-17(9-12)22-10-21-16/h2-9H,10H2,1H3. The number of hydrogen-bond donors (Lipinski definition) is 0. The van der Waals surface area contributed by atoms with Gasteiger partial charge in [-0.3, -0.25) is 4.79 Å². The molecule has 2 aromatic rings. The first kappa shape index (κ1) is 14.7. The van der Waals surface area contributed by atoms with Gasteiger partial charge < -0.3 is 14.2 Å². The van der Waals surface area contributed by atoms with Crippen LogP contribution in [-0.2, 0) is 0 Å². The van der Waals surface area contributed by atoms with Crippen LogP contribution in [0.15, 0.2) is 46.9 Å². The van der Waals surface area contributed by atoms with Crippen LogP contribution in [0.3, 0.4) is 0 Å². The molecule has 0 saturated carbocycles. The van der Waals surface area contributed by atoms with Crippen molar-refractivity contribution >= 4 is 27.8 Å². The summed E-state index contributed by atoms with van der Waals surface area (Å²) in [5.41, 5.74) is 1.47. The number of allylic oxidation sites excluding steroid dienone is 1. The zero-order valence-corrected chi connectivity index (χ0v) is 13.4. The van der Waals surface area contributed by atoms with E-state index in [9.17, 15) is 4.79 Å². The lowest BCUT2D eigenvalue weighted by Gasteiger charge is -2.03. The molecule has 1 aliphatic rings. The monoisotopic (exact) mass is 360 g/mol. The molecule has 2 aromatic carbocycles. The number of rotatable bonds is 4. The molecule has 0 bridgehead atoms. The first-order valence-corrected chi connectivity index (χ1v) is 7.42. The van der Waals surface area contributed by atoms with Crippen molar-refractivity contribution in [3.8, 4) is 17.2 Å². The van der Waals surface area contributed by atoms with Gasteiger partial charge in [-0.2, -0.15) is 0 Å². The van der Waals surface area contributed by atoms with Crippen molar-refractivity contribution in [3.05, 3.63) is 58.1 Å². The van der Waals surface area contributed by atoms with E-state index in [1.165, 1.54) is 6.08 Å². The molecule has 5 heteroatoms. The summed E-state index contributed by atoms with van der Waals surface area (Å²) in [4.78, 5) is 12.2. The maximum absolute atomic E-state index is 12.2. The molecule has 0 atom stereocenters. The molecular weight excluding hydrogens is 348 g/mol. The van der Waals surface area contributed by atoms with Crippen LogP contribution in [0.1, 0.15) is 15.9 Å². The van der Waals surface area contributed by atoms with Gasteiger partial charge in [-0.15, -0.1) is 0 Å². The van der Waals surface area contributed by atoms with Gasteiger partial charge in [0.2, 0.25) is 6.79 Å². The van der Waals surface area contributed by atoms with Crippen molar-refractivity contribution in [2.75, 3.05) is 13.9 Å². The van der Waals surface area contributed by atoms with Crippen LogP contribution in [0, 0.1) is 0 Å². The highest BCUT2D eigenvalue weighted by molar-refractivity contribution is 9.10. The van der Waals surface area contributed by atoms with E-state index in [0.717, 1.165) is 15.8 Å². The lowest BCUT2D eigenvalue weighted by molar-refractivity contribution is 0.104. The Morgan fingerprint density at radius 2 is 2.00 bits per heavy atom. The van der Waals surface area contributed by atoms with Crippen LogP contribution >= 0.6 is 15.9 Å². The summed E-state index contributed by atoms with van der Waals surface area (Å²) in [6.07, 6.45) is 3.29. The third kappa shape index (κ3) is 2.99. The molecule has 4 nitrogen and oxygen atoms in total. The molecule has 0 spiro atoms. The zero-order chi connectivity index (χ0) is 15.5. The van der Waals surface area contributed by atoms with Crippen molar-refractivity contribution in [3.63, 3.8) is 0 Å². The van der Waals surface area contributed by atoms with Gasteiger partial charge in [-0.1, -0.05) is 12.1 Å². The molecule has 0 saturated heterocycles. The highest BCUT2D eigenvalue weighted by Gasteiger charge is 2.15. The van der Waals surface area contributed by atoms with Crippen LogP contribution in [-0.4, -0.2) is 19.7 Å². The number of carbonyl (C=O) groups excluding carboxylic acids is 1. The Labute approximate surface area is 136 Å². The van der Waals surface area contributed by atoms with Crippen LogP contribution in [0.2, 0.25) is 0 Å². The predicted octanol–water partition coefficient (Wildman–Crippen LogP) is 4.08. The summed E-state index contributed by atoms with van der Waals surface area (Å²) in [5.74, 6) is 1.93. The maximum Gasteiger partial charge on any atom is 0.231 e. The van der Waals surface area contributed by atoms with Crippen molar-refractivity contribution in [2.24, 2.45) is 0 Å². The molecule has 0 N–H and O–H groups in total. The van der Waals surface area contributed by atoms with Gasteiger partial charge in [-0.05, 0) is 57.9 Å². The molecule has 0 amide bonds.